The first-order valence-corrected chi connectivity index (χ1v) is 9.92. The molecule has 129 valence electrons. The summed E-state index contributed by atoms with van der Waals surface area (Å²) >= 11 is 5.16. The van der Waals surface area contributed by atoms with E-state index in [1.54, 1.807) is 6.21 Å². The van der Waals surface area contributed by atoms with Gasteiger partial charge < -0.3 is 10.5 Å². The molecule has 22 heavy (non-hydrogen) atoms. The Labute approximate surface area is 153 Å². The van der Waals surface area contributed by atoms with Crippen LogP contribution in [0, 0.1) is 6.92 Å². The third-order valence-corrected chi connectivity index (χ3v) is 2.89. The first-order chi connectivity index (χ1) is 10.6. The molecule has 8 heteroatoms. The quantitative estimate of drug-likeness (QED) is 0.177. The number of aromatic nitrogens is 1. The van der Waals surface area contributed by atoms with Crippen molar-refractivity contribution in [2.75, 3.05) is 13.1 Å². The molecule has 0 unspecified atom stereocenters. The van der Waals surface area contributed by atoms with Crippen LogP contribution in [0.1, 0.15) is 38.1 Å². The molecular weight excluding hydrogens is 391 g/mol. The maximum atomic E-state index is 4.67. The molecule has 0 spiro atoms. The molecule has 0 radical (unpaired) electrons. The molecule has 0 aliphatic heterocycles. The van der Waals surface area contributed by atoms with E-state index < -0.39 is 0 Å². The topological polar surface area (TPSA) is 42.6 Å². The van der Waals surface area contributed by atoms with Crippen LogP contribution in [0.3, 0.4) is 0 Å². The molecule has 0 aliphatic rings. The molecule has 4 nitrogen and oxygen atoms in total. The second kappa shape index (κ2) is 14.4. The number of aryl methyl sites for hydroxylation is 1. The Kier molecular flexibility index (Phi) is 14.2. The Hall–Kier alpha value is -0.231. The molecule has 0 N–H and O–H groups in total. The van der Waals surface area contributed by atoms with Crippen LogP contribution in [-0.4, -0.2) is 34.3 Å². The van der Waals surface area contributed by atoms with Crippen molar-refractivity contribution in [3.63, 3.8) is 0 Å². The summed E-state index contributed by atoms with van der Waals surface area (Å²) < 4.78 is 0. The summed E-state index contributed by atoms with van der Waals surface area (Å²) in [6.45, 7) is 8.14. The number of halogens is 2. The van der Waals surface area contributed by atoms with Crippen molar-refractivity contribution < 1.29 is 13.1 Å². The van der Waals surface area contributed by atoms with Crippen molar-refractivity contribution in [3.8, 4) is 0 Å². The van der Waals surface area contributed by atoms with Gasteiger partial charge in [-0.2, -0.15) is 0 Å². The molecule has 0 saturated heterocycles. The molecule has 0 saturated carbocycles. The monoisotopic (exact) mass is 411 g/mol. The van der Waals surface area contributed by atoms with E-state index in [0.717, 1.165) is 50.5 Å². The van der Waals surface area contributed by atoms with E-state index in [-0.39, 0.29) is 0 Å². The first-order valence-electron chi connectivity index (χ1n) is 6.88. The Bertz CT molecular complexity index is 454. The van der Waals surface area contributed by atoms with Gasteiger partial charge >= 0.3 is 33.3 Å². The van der Waals surface area contributed by atoms with Crippen LogP contribution in [0.5, 0.6) is 0 Å². The van der Waals surface area contributed by atoms with E-state index >= 15 is 0 Å². The summed E-state index contributed by atoms with van der Waals surface area (Å²) in [4.78, 5) is 6.46. The van der Waals surface area contributed by atoms with Gasteiger partial charge in [-0.1, -0.05) is 19.9 Å². The van der Waals surface area contributed by atoms with Gasteiger partial charge in [0.05, 0.1) is 5.69 Å². The van der Waals surface area contributed by atoms with Crippen molar-refractivity contribution in [3.05, 3.63) is 35.0 Å². The van der Waals surface area contributed by atoms with Crippen LogP contribution in [-0.2, 0) is 25.4 Å². The summed E-state index contributed by atoms with van der Waals surface area (Å²) in [5.41, 5.74) is 5.90. The Morgan fingerprint density at radius 2 is 1.95 bits per heavy atom. The predicted octanol–water partition coefficient (Wildman–Crippen LogP) is 3.96. The number of hydrogen-bond acceptors (Lipinski definition) is 2. The van der Waals surface area contributed by atoms with Crippen LogP contribution in [0.15, 0.2) is 23.3 Å². The zero-order valence-electron chi connectivity index (χ0n) is 12.9. The fourth-order valence-electron chi connectivity index (χ4n) is 1.69. The molecule has 1 aromatic heterocycles. The standard InChI is InChI=1S/C14H22N4S.2ClH.Cu/c1-4-9-18(10-5-2)14(19)17-15-11-13-8-6-7-12(3)16-13;;;/h6-8,11H,4-5,9-10H2,1-3H3,(H,16,17,19);2*1H;/q;;;+2/p-2. The van der Waals surface area contributed by atoms with E-state index in [1.165, 1.54) is 0 Å². The van der Waals surface area contributed by atoms with Gasteiger partial charge in [-0.15, -0.1) is 0 Å². The summed E-state index contributed by atoms with van der Waals surface area (Å²) in [6.07, 6.45) is 3.80. The molecule has 0 bridgehead atoms. The summed E-state index contributed by atoms with van der Waals surface area (Å²) in [6, 6.07) is 5.81. The van der Waals surface area contributed by atoms with Gasteiger partial charge in [0.1, 0.15) is 0 Å². The van der Waals surface area contributed by atoms with Crippen molar-refractivity contribution in [1.82, 2.24) is 9.88 Å². The van der Waals surface area contributed by atoms with Gasteiger partial charge in [0.2, 0.25) is 0 Å². The van der Waals surface area contributed by atoms with E-state index in [9.17, 15) is 0 Å². The normalized spacial score (nSPS) is 10.6. The van der Waals surface area contributed by atoms with Crippen LogP contribution in [0.2, 0.25) is 0 Å². The zero-order chi connectivity index (χ0) is 16.8. The minimum atomic E-state index is 0.660. The van der Waals surface area contributed by atoms with Crippen LogP contribution < -0.4 is 0 Å². The fraction of sp³-hybridized carbons (Fsp3) is 0.500. The molecule has 1 rings (SSSR count). The first kappa shape index (κ1) is 21.8. The van der Waals surface area contributed by atoms with Crippen molar-refractivity contribution in [2.45, 2.75) is 33.6 Å². The molecule has 0 atom stereocenters. The van der Waals surface area contributed by atoms with Crippen LogP contribution in [0.25, 0.3) is 5.43 Å². The van der Waals surface area contributed by atoms with E-state index in [1.807, 2.05) is 25.1 Å². The zero-order valence-corrected chi connectivity index (χ0v) is 16.3. The predicted molar refractivity (Wildman–Crippen MR) is 97.6 cm³/mol. The van der Waals surface area contributed by atoms with Gasteiger partial charge in [-0.3, -0.25) is 4.98 Å². The van der Waals surface area contributed by atoms with Gasteiger partial charge in [0.15, 0.2) is 17.3 Å². The number of pyridine rings is 1. The number of nitrogens with zero attached hydrogens (tertiary/aromatic N) is 4. The minimum absolute atomic E-state index is 0.660. The summed E-state index contributed by atoms with van der Waals surface area (Å²) in [7, 11) is 9.34. The van der Waals surface area contributed by atoms with Gasteiger partial charge in [0.25, 0.3) is 0 Å². The van der Waals surface area contributed by atoms with Crippen LogP contribution >= 0.6 is 20.2 Å². The average Bonchev–Trinajstić information content (AvgIpc) is 2.48. The molecule has 1 heterocycles. The second-order valence-corrected chi connectivity index (χ2v) is 6.33. The fourth-order valence-corrected chi connectivity index (χ4v) is 1.94. The van der Waals surface area contributed by atoms with E-state index in [2.05, 4.69) is 66.7 Å². The Balaban J connectivity index is 0.00000135. The third-order valence-electron chi connectivity index (χ3n) is 2.52. The van der Waals surface area contributed by atoms with E-state index in [0.29, 0.717) is 5.11 Å². The third kappa shape index (κ3) is 10.5. The van der Waals surface area contributed by atoms with Crippen molar-refractivity contribution in [2.24, 2.45) is 5.10 Å². The number of thiol groups is 1. The van der Waals surface area contributed by atoms with Gasteiger partial charge in [0, 0.05) is 25.0 Å². The summed E-state index contributed by atoms with van der Waals surface area (Å²) in [5.74, 6) is 0. The Morgan fingerprint density at radius 1 is 1.36 bits per heavy atom. The van der Waals surface area contributed by atoms with Gasteiger partial charge in [-0.05, 0) is 31.9 Å². The van der Waals surface area contributed by atoms with Crippen molar-refractivity contribution >= 4 is 43.7 Å². The summed E-state index contributed by atoms with van der Waals surface area (Å²) in [5, 5.41) is 4.71. The number of hydrogen-bond donors (Lipinski definition) is 0. The molecule has 0 fully saturated rings. The van der Waals surface area contributed by atoms with Gasteiger partial charge in [-0.25, -0.2) is 4.90 Å². The molecular formula is C14H22Cl2CuN4S. The average molecular weight is 413 g/mol. The molecule has 1 aromatic rings. The second-order valence-electron chi connectivity index (χ2n) is 4.38. The Morgan fingerprint density at radius 3 is 2.45 bits per heavy atom. The maximum absolute atomic E-state index is 4.67. The number of rotatable bonds is 6. The molecule has 0 amide bonds. The molecule has 0 aromatic carbocycles. The van der Waals surface area contributed by atoms with Crippen LogP contribution in [0.4, 0.5) is 0 Å². The SMILES string of the molecule is CCCN(CCC)C(=[SH+])[N-]N=Cc1cccc(C)n1.[Cl][Cu][Cl]. The van der Waals surface area contributed by atoms with Crippen molar-refractivity contribution in [1.29, 1.82) is 0 Å². The van der Waals surface area contributed by atoms with E-state index in [4.69, 9.17) is 0 Å². The molecule has 0 aliphatic carbocycles.